The van der Waals surface area contributed by atoms with Crippen LogP contribution in [0.1, 0.15) is 16.9 Å². The Morgan fingerprint density at radius 3 is 2.63 bits per heavy atom. The van der Waals surface area contributed by atoms with Crippen molar-refractivity contribution in [1.82, 2.24) is 9.88 Å². The zero-order valence-electron chi connectivity index (χ0n) is 19.8. The first kappa shape index (κ1) is 22.3. The van der Waals surface area contributed by atoms with Crippen LogP contribution in [0.5, 0.6) is 0 Å². The maximum Gasteiger partial charge on any atom is 0.232 e. The van der Waals surface area contributed by atoms with Gasteiger partial charge in [0.2, 0.25) is 5.91 Å². The van der Waals surface area contributed by atoms with Gasteiger partial charge in [-0.2, -0.15) is 0 Å². The van der Waals surface area contributed by atoms with Crippen LogP contribution in [-0.4, -0.2) is 54.6 Å². The van der Waals surface area contributed by atoms with Gasteiger partial charge in [0.25, 0.3) is 0 Å². The third-order valence-corrected chi connectivity index (χ3v) is 8.21. The molecule has 4 aromatic rings. The monoisotopic (exact) mass is 482 g/mol. The van der Waals surface area contributed by atoms with E-state index in [-0.39, 0.29) is 11.9 Å². The number of benzene rings is 2. The van der Waals surface area contributed by atoms with E-state index in [4.69, 9.17) is 4.98 Å². The van der Waals surface area contributed by atoms with Crippen LogP contribution in [0.25, 0.3) is 10.8 Å². The minimum atomic E-state index is 0.208. The van der Waals surface area contributed by atoms with Crippen LogP contribution in [0.2, 0.25) is 0 Å². The fourth-order valence-electron chi connectivity index (χ4n) is 5.56. The van der Waals surface area contributed by atoms with E-state index in [0.717, 1.165) is 61.9 Å². The van der Waals surface area contributed by atoms with Gasteiger partial charge in [0.15, 0.2) is 0 Å². The molecule has 2 aromatic heterocycles. The molecule has 2 aliphatic heterocycles. The number of fused-ring (bicyclic) bond motifs is 2. The average molecular weight is 483 g/mol. The second-order valence-electron chi connectivity index (χ2n) is 9.48. The Labute approximate surface area is 210 Å². The summed E-state index contributed by atoms with van der Waals surface area (Å²) < 4.78 is 0. The highest BCUT2D eigenvalue weighted by molar-refractivity contribution is 7.10. The molecule has 4 heterocycles. The standard InChI is InChI=1S/C29H30N4OS/c34-28(20-25-8-5-19-35-25)33-24(12-11-23-7-2-4-10-27(23)33)21-31-15-17-32(18-16-31)29-26-9-3-1-6-22(26)13-14-30-29/h1-10,13-14,19,24H,11-12,15-18,20-21H2. The molecule has 0 N–H and O–H groups in total. The first-order valence-corrected chi connectivity index (χ1v) is 13.4. The number of aromatic nitrogens is 1. The van der Waals surface area contributed by atoms with E-state index in [1.54, 1.807) is 11.3 Å². The summed E-state index contributed by atoms with van der Waals surface area (Å²) in [5.74, 6) is 1.30. The number of piperazine rings is 1. The van der Waals surface area contributed by atoms with Crippen molar-refractivity contribution in [3.05, 3.63) is 88.7 Å². The number of carbonyl (C=O) groups is 1. The van der Waals surface area contributed by atoms with Crippen molar-refractivity contribution in [1.29, 1.82) is 0 Å². The number of aryl methyl sites for hydroxylation is 1. The number of amides is 1. The predicted octanol–water partition coefficient (Wildman–Crippen LogP) is 5.01. The lowest BCUT2D eigenvalue weighted by atomic mass is 9.94. The average Bonchev–Trinajstić information content (AvgIpc) is 3.41. The molecule has 0 bridgehead atoms. The fraction of sp³-hybridized carbons (Fsp3) is 0.310. The zero-order valence-corrected chi connectivity index (χ0v) is 20.7. The molecule has 6 heteroatoms. The molecule has 2 aliphatic rings. The van der Waals surface area contributed by atoms with Gasteiger partial charge in [-0.15, -0.1) is 11.3 Å². The van der Waals surface area contributed by atoms with Crippen LogP contribution < -0.4 is 9.80 Å². The number of para-hydroxylation sites is 1. The van der Waals surface area contributed by atoms with Crippen molar-refractivity contribution in [3.63, 3.8) is 0 Å². The Morgan fingerprint density at radius 2 is 1.77 bits per heavy atom. The smallest absolute Gasteiger partial charge is 0.232 e. The molecule has 0 saturated carbocycles. The number of pyridine rings is 1. The summed E-state index contributed by atoms with van der Waals surface area (Å²) in [7, 11) is 0. The highest BCUT2D eigenvalue weighted by Gasteiger charge is 2.33. The summed E-state index contributed by atoms with van der Waals surface area (Å²) >= 11 is 1.66. The minimum absolute atomic E-state index is 0.208. The highest BCUT2D eigenvalue weighted by Crippen LogP contribution is 2.32. The molecule has 2 aromatic carbocycles. The molecule has 1 amide bonds. The lowest BCUT2D eigenvalue weighted by molar-refractivity contribution is -0.118. The lowest BCUT2D eigenvalue weighted by Crippen LogP contribution is -2.54. The molecular formula is C29H30N4OS. The first-order valence-electron chi connectivity index (χ1n) is 12.5. The van der Waals surface area contributed by atoms with Crippen LogP contribution in [0.15, 0.2) is 78.3 Å². The Morgan fingerprint density at radius 1 is 0.943 bits per heavy atom. The number of carbonyl (C=O) groups excluding carboxylic acids is 1. The first-order chi connectivity index (χ1) is 17.3. The van der Waals surface area contributed by atoms with Crippen LogP contribution in [0.4, 0.5) is 11.5 Å². The molecule has 1 atom stereocenters. The van der Waals surface area contributed by atoms with Crippen molar-refractivity contribution in [2.45, 2.75) is 25.3 Å². The molecule has 1 unspecified atom stereocenters. The minimum Gasteiger partial charge on any atom is -0.354 e. The van der Waals surface area contributed by atoms with Gasteiger partial charge in [0.05, 0.1) is 6.42 Å². The molecule has 0 radical (unpaired) electrons. The number of rotatable bonds is 5. The van der Waals surface area contributed by atoms with Crippen molar-refractivity contribution in [2.24, 2.45) is 0 Å². The van der Waals surface area contributed by atoms with Gasteiger partial charge >= 0.3 is 0 Å². The van der Waals surface area contributed by atoms with Crippen molar-refractivity contribution >= 4 is 39.5 Å². The molecule has 35 heavy (non-hydrogen) atoms. The second-order valence-corrected chi connectivity index (χ2v) is 10.5. The number of nitrogens with zero attached hydrogens (tertiary/aromatic N) is 4. The van der Waals surface area contributed by atoms with Crippen molar-refractivity contribution < 1.29 is 4.79 Å². The van der Waals surface area contributed by atoms with Gasteiger partial charge in [0, 0.05) is 60.9 Å². The lowest BCUT2D eigenvalue weighted by Gasteiger charge is -2.42. The quantitative estimate of drug-likeness (QED) is 0.401. The van der Waals surface area contributed by atoms with E-state index in [2.05, 4.69) is 80.7 Å². The van der Waals surface area contributed by atoms with Crippen LogP contribution in [0.3, 0.4) is 0 Å². The third kappa shape index (κ3) is 4.56. The topological polar surface area (TPSA) is 39.7 Å². The number of anilines is 2. The van der Waals surface area contributed by atoms with E-state index in [9.17, 15) is 4.79 Å². The second kappa shape index (κ2) is 9.80. The largest absolute Gasteiger partial charge is 0.354 e. The number of hydrogen-bond acceptors (Lipinski definition) is 5. The third-order valence-electron chi connectivity index (χ3n) is 7.33. The van der Waals surface area contributed by atoms with Crippen molar-refractivity contribution in [2.75, 3.05) is 42.5 Å². The van der Waals surface area contributed by atoms with E-state index in [1.165, 1.54) is 16.3 Å². The maximum atomic E-state index is 13.5. The van der Waals surface area contributed by atoms with Crippen LogP contribution in [0, 0.1) is 0 Å². The normalized spacial score (nSPS) is 18.6. The van der Waals surface area contributed by atoms with E-state index in [1.807, 2.05) is 12.3 Å². The van der Waals surface area contributed by atoms with Gasteiger partial charge in [-0.1, -0.05) is 48.5 Å². The maximum absolute atomic E-state index is 13.5. The molecule has 0 aliphatic carbocycles. The van der Waals surface area contributed by atoms with Crippen LogP contribution in [-0.2, 0) is 17.6 Å². The Bertz CT molecular complexity index is 1310. The Balaban J connectivity index is 1.17. The molecule has 6 rings (SSSR count). The number of thiophene rings is 1. The predicted molar refractivity (Wildman–Crippen MR) is 144 cm³/mol. The zero-order chi connectivity index (χ0) is 23.6. The summed E-state index contributed by atoms with van der Waals surface area (Å²) in [5.41, 5.74) is 2.39. The Kier molecular flexibility index (Phi) is 6.23. The van der Waals surface area contributed by atoms with Gasteiger partial charge in [-0.05, 0) is 47.4 Å². The summed E-state index contributed by atoms with van der Waals surface area (Å²) in [4.78, 5) is 26.4. The van der Waals surface area contributed by atoms with Gasteiger partial charge in [0.1, 0.15) is 5.82 Å². The number of hydrogen-bond donors (Lipinski definition) is 0. The van der Waals surface area contributed by atoms with Gasteiger partial charge in [-0.25, -0.2) is 4.98 Å². The van der Waals surface area contributed by atoms with E-state index < -0.39 is 0 Å². The molecule has 0 spiro atoms. The molecule has 1 fully saturated rings. The highest BCUT2D eigenvalue weighted by atomic mass is 32.1. The van der Waals surface area contributed by atoms with Crippen LogP contribution >= 0.6 is 11.3 Å². The molecule has 5 nitrogen and oxygen atoms in total. The van der Waals surface area contributed by atoms with E-state index in [0.29, 0.717) is 6.42 Å². The summed E-state index contributed by atoms with van der Waals surface area (Å²) in [5, 5.41) is 4.51. The van der Waals surface area contributed by atoms with Crippen molar-refractivity contribution in [3.8, 4) is 0 Å². The molecule has 1 saturated heterocycles. The summed E-state index contributed by atoms with van der Waals surface area (Å²) in [6.45, 7) is 4.79. The van der Waals surface area contributed by atoms with E-state index >= 15 is 0 Å². The Hall–Kier alpha value is -3.22. The summed E-state index contributed by atoms with van der Waals surface area (Å²) in [6.07, 6.45) is 4.44. The fourth-order valence-corrected chi connectivity index (χ4v) is 6.26. The SMILES string of the molecule is O=C(Cc1cccs1)N1c2ccccc2CCC1CN1CCN(c2nccc3ccccc23)CC1. The summed E-state index contributed by atoms with van der Waals surface area (Å²) in [6, 6.07) is 23.3. The molecular weight excluding hydrogens is 452 g/mol. The van der Waals surface area contributed by atoms with Gasteiger partial charge < -0.3 is 9.80 Å². The van der Waals surface area contributed by atoms with Gasteiger partial charge in [-0.3, -0.25) is 9.69 Å². The molecule has 178 valence electrons.